The molecule has 98 valence electrons. The summed E-state index contributed by atoms with van der Waals surface area (Å²) >= 11 is 1.70. The second-order valence-corrected chi connectivity index (χ2v) is 5.23. The lowest BCUT2D eigenvalue weighted by Gasteiger charge is -2.38. The van der Waals surface area contributed by atoms with Gasteiger partial charge in [-0.3, -0.25) is 4.79 Å². The fraction of sp³-hybridized carbons (Fsp3) is 0.462. The molecule has 0 radical (unpaired) electrons. The number of esters is 1. The molecule has 0 spiro atoms. The molecule has 1 N–H and O–H groups in total. The summed E-state index contributed by atoms with van der Waals surface area (Å²) in [4.78, 5) is 12.9. The number of hydrogen-bond donors (Lipinski definition) is 1. The quantitative estimate of drug-likeness (QED) is 0.653. The number of ether oxygens (including phenoxy) is 2. The molecule has 0 unspecified atom stereocenters. The summed E-state index contributed by atoms with van der Waals surface area (Å²) in [7, 11) is 1.41. The van der Waals surface area contributed by atoms with Gasteiger partial charge in [0.15, 0.2) is 0 Å². The summed E-state index contributed by atoms with van der Waals surface area (Å²) in [6.07, 6.45) is 2.04. The van der Waals surface area contributed by atoms with Gasteiger partial charge < -0.3 is 14.8 Å². The Balaban J connectivity index is 1.95. The van der Waals surface area contributed by atoms with E-state index in [9.17, 15) is 4.79 Å². The van der Waals surface area contributed by atoms with Crippen molar-refractivity contribution in [3.05, 3.63) is 24.3 Å². The van der Waals surface area contributed by atoms with Crippen molar-refractivity contribution < 1.29 is 14.3 Å². The minimum absolute atomic E-state index is 0.206. The minimum Gasteiger partial charge on any atom is -0.468 e. The predicted octanol–water partition coefficient (Wildman–Crippen LogP) is 2.01. The van der Waals surface area contributed by atoms with Gasteiger partial charge in [0.25, 0.3) is 0 Å². The fourth-order valence-corrected chi connectivity index (χ4v) is 2.25. The van der Waals surface area contributed by atoms with Gasteiger partial charge in [-0.15, -0.1) is 11.8 Å². The average Bonchev–Trinajstić information content (AvgIpc) is 2.37. The van der Waals surface area contributed by atoms with E-state index in [1.807, 2.05) is 18.4 Å². The lowest BCUT2D eigenvalue weighted by molar-refractivity contribution is -0.180. The first kappa shape index (κ1) is 13.2. The highest BCUT2D eigenvalue weighted by molar-refractivity contribution is 7.98. The summed E-state index contributed by atoms with van der Waals surface area (Å²) < 4.78 is 9.96. The minimum atomic E-state index is -0.521. The van der Waals surface area contributed by atoms with Gasteiger partial charge in [-0.05, 0) is 30.5 Å². The van der Waals surface area contributed by atoms with Crippen LogP contribution in [0.4, 0.5) is 5.69 Å². The highest BCUT2D eigenvalue weighted by atomic mass is 32.2. The average molecular weight is 267 g/mol. The molecule has 0 atom stereocenters. The van der Waals surface area contributed by atoms with Crippen LogP contribution in [0.3, 0.4) is 0 Å². The molecule has 1 fully saturated rings. The highest BCUT2D eigenvalue weighted by Gasteiger charge is 2.47. The normalized spacial score (nSPS) is 16.8. The molecule has 0 aromatic heterocycles. The van der Waals surface area contributed by atoms with Crippen LogP contribution in [0.5, 0.6) is 0 Å². The number of thioether (sulfide) groups is 1. The molecule has 2 rings (SSSR count). The maximum atomic E-state index is 11.7. The zero-order valence-corrected chi connectivity index (χ0v) is 11.4. The van der Waals surface area contributed by atoms with E-state index >= 15 is 0 Å². The molecule has 1 aliphatic heterocycles. The zero-order chi connectivity index (χ0) is 13.0. The summed E-state index contributed by atoms with van der Waals surface area (Å²) in [6, 6.07) is 8.12. The predicted molar refractivity (Wildman–Crippen MR) is 72.0 cm³/mol. The Kier molecular flexibility index (Phi) is 4.14. The van der Waals surface area contributed by atoms with Crippen LogP contribution < -0.4 is 5.32 Å². The van der Waals surface area contributed by atoms with Crippen molar-refractivity contribution in [3.8, 4) is 0 Å². The molecule has 0 saturated carbocycles. The van der Waals surface area contributed by atoms with Crippen molar-refractivity contribution in [2.75, 3.05) is 38.4 Å². The molecular formula is C13H17NO3S. The van der Waals surface area contributed by atoms with Crippen molar-refractivity contribution in [2.45, 2.75) is 4.90 Å². The molecule has 1 aromatic rings. The maximum Gasteiger partial charge on any atom is 0.318 e. The second kappa shape index (κ2) is 5.63. The van der Waals surface area contributed by atoms with Crippen LogP contribution in [0.2, 0.25) is 0 Å². The van der Waals surface area contributed by atoms with E-state index in [1.54, 1.807) is 11.8 Å². The molecule has 1 aromatic carbocycles. The lowest BCUT2D eigenvalue weighted by atomic mass is 9.86. The number of carbonyl (C=O) groups excluding carboxylic acids is 1. The molecule has 0 amide bonds. The molecule has 1 heterocycles. The number of rotatable bonds is 5. The van der Waals surface area contributed by atoms with E-state index in [-0.39, 0.29) is 5.97 Å². The Bertz CT molecular complexity index is 415. The van der Waals surface area contributed by atoms with Crippen LogP contribution in [0.15, 0.2) is 29.2 Å². The van der Waals surface area contributed by atoms with E-state index in [4.69, 9.17) is 9.47 Å². The van der Waals surface area contributed by atoms with Crippen molar-refractivity contribution in [2.24, 2.45) is 5.41 Å². The Morgan fingerprint density at radius 1 is 1.44 bits per heavy atom. The van der Waals surface area contributed by atoms with E-state index < -0.39 is 5.41 Å². The van der Waals surface area contributed by atoms with Crippen molar-refractivity contribution in [1.29, 1.82) is 0 Å². The molecule has 0 bridgehead atoms. The molecule has 4 nitrogen and oxygen atoms in total. The highest BCUT2D eigenvalue weighted by Crippen LogP contribution is 2.29. The topological polar surface area (TPSA) is 47.6 Å². The second-order valence-electron chi connectivity index (χ2n) is 4.35. The molecule has 0 aliphatic carbocycles. The lowest BCUT2D eigenvalue weighted by Crippen LogP contribution is -2.54. The molecular weight excluding hydrogens is 250 g/mol. The largest absolute Gasteiger partial charge is 0.468 e. The number of methoxy groups -OCH3 is 1. The van der Waals surface area contributed by atoms with Crippen molar-refractivity contribution >= 4 is 23.4 Å². The van der Waals surface area contributed by atoms with Gasteiger partial charge in [-0.25, -0.2) is 0 Å². The summed E-state index contributed by atoms with van der Waals surface area (Å²) in [5, 5.41) is 3.26. The number of anilines is 1. The van der Waals surface area contributed by atoms with Crippen LogP contribution in [-0.2, 0) is 14.3 Å². The van der Waals surface area contributed by atoms with Crippen molar-refractivity contribution in [1.82, 2.24) is 0 Å². The van der Waals surface area contributed by atoms with Crippen LogP contribution in [-0.4, -0.2) is 39.1 Å². The zero-order valence-electron chi connectivity index (χ0n) is 10.6. The summed E-state index contributed by atoms with van der Waals surface area (Å²) in [6.45, 7) is 1.39. The molecule has 1 saturated heterocycles. The standard InChI is InChI=1S/C13H17NO3S/c1-16-12(15)13(8-17-9-13)7-14-10-3-5-11(18-2)6-4-10/h3-6,14H,7-9H2,1-2H3. The van der Waals surface area contributed by atoms with Gasteiger partial charge in [-0.1, -0.05) is 0 Å². The fourth-order valence-electron chi connectivity index (χ4n) is 1.84. The van der Waals surface area contributed by atoms with Gasteiger partial charge >= 0.3 is 5.97 Å². The summed E-state index contributed by atoms with van der Waals surface area (Å²) in [5.74, 6) is -0.206. The Hall–Kier alpha value is -1.20. The monoisotopic (exact) mass is 267 g/mol. The van der Waals surface area contributed by atoms with Crippen LogP contribution >= 0.6 is 11.8 Å². The SMILES string of the molecule is COC(=O)C1(CNc2ccc(SC)cc2)COC1. The van der Waals surface area contributed by atoms with Gasteiger partial charge in [0.1, 0.15) is 5.41 Å². The Labute approximate surface area is 111 Å². The van der Waals surface area contributed by atoms with E-state index in [0.717, 1.165) is 5.69 Å². The Morgan fingerprint density at radius 3 is 2.56 bits per heavy atom. The number of carbonyl (C=O) groups is 1. The number of benzene rings is 1. The Morgan fingerprint density at radius 2 is 2.11 bits per heavy atom. The molecule has 18 heavy (non-hydrogen) atoms. The smallest absolute Gasteiger partial charge is 0.318 e. The van der Waals surface area contributed by atoms with Crippen LogP contribution in [0.25, 0.3) is 0 Å². The first-order valence-electron chi connectivity index (χ1n) is 5.74. The molecule has 1 aliphatic rings. The van der Waals surface area contributed by atoms with Crippen LogP contribution in [0.1, 0.15) is 0 Å². The van der Waals surface area contributed by atoms with E-state index in [2.05, 4.69) is 17.4 Å². The van der Waals surface area contributed by atoms with E-state index in [0.29, 0.717) is 19.8 Å². The first-order valence-corrected chi connectivity index (χ1v) is 6.97. The number of nitrogens with one attached hydrogen (secondary N) is 1. The van der Waals surface area contributed by atoms with Crippen LogP contribution in [0, 0.1) is 5.41 Å². The first-order chi connectivity index (χ1) is 8.70. The third-order valence-electron chi connectivity index (χ3n) is 3.10. The van der Waals surface area contributed by atoms with Gasteiger partial charge in [0.2, 0.25) is 0 Å². The van der Waals surface area contributed by atoms with Gasteiger partial charge in [-0.2, -0.15) is 0 Å². The maximum absolute atomic E-state index is 11.7. The third-order valence-corrected chi connectivity index (χ3v) is 3.84. The third kappa shape index (κ3) is 2.62. The molecule has 5 heteroatoms. The van der Waals surface area contributed by atoms with E-state index in [1.165, 1.54) is 12.0 Å². The van der Waals surface area contributed by atoms with Crippen molar-refractivity contribution in [3.63, 3.8) is 0 Å². The van der Waals surface area contributed by atoms with Gasteiger partial charge in [0.05, 0.1) is 20.3 Å². The van der Waals surface area contributed by atoms with Gasteiger partial charge in [0, 0.05) is 17.1 Å². The summed E-state index contributed by atoms with van der Waals surface area (Å²) in [5.41, 5.74) is 0.482. The number of hydrogen-bond acceptors (Lipinski definition) is 5.